The molecule has 6 heteroatoms. The molecule has 0 aromatic heterocycles. The van der Waals surface area contributed by atoms with Gasteiger partial charge >= 0.3 is 0 Å². The number of aliphatic hydroxyl groups is 1. The van der Waals surface area contributed by atoms with E-state index in [2.05, 4.69) is 0 Å². The van der Waals surface area contributed by atoms with E-state index in [4.69, 9.17) is 11.6 Å². The predicted molar refractivity (Wildman–Crippen MR) is 74.7 cm³/mol. The number of halogens is 1. The van der Waals surface area contributed by atoms with E-state index in [1.807, 2.05) is 0 Å². The summed E-state index contributed by atoms with van der Waals surface area (Å²) in [4.78, 5) is 0.249. The molecule has 4 nitrogen and oxygen atoms in total. The second-order valence-electron chi connectivity index (χ2n) is 5.21. The van der Waals surface area contributed by atoms with E-state index in [9.17, 15) is 13.5 Å². The van der Waals surface area contributed by atoms with E-state index in [-0.39, 0.29) is 4.90 Å². The highest BCUT2D eigenvalue weighted by Gasteiger charge is 2.31. The molecule has 1 atom stereocenters. The third-order valence-corrected chi connectivity index (χ3v) is 5.64. The Bertz CT molecular complexity index is 540. The highest BCUT2D eigenvalue weighted by atomic mass is 35.5. The van der Waals surface area contributed by atoms with Gasteiger partial charge in [-0.05, 0) is 50.5 Å². The molecule has 1 N–H and O–H groups in total. The van der Waals surface area contributed by atoms with Gasteiger partial charge < -0.3 is 5.11 Å². The molecule has 1 aromatic carbocycles. The quantitative estimate of drug-likeness (QED) is 0.912. The van der Waals surface area contributed by atoms with Crippen LogP contribution in [0, 0.1) is 0 Å². The Morgan fingerprint density at radius 1 is 1.21 bits per heavy atom. The van der Waals surface area contributed by atoms with Crippen LogP contribution in [0.1, 0.15) is 26.2 Å². The summed E-state index contributed by atoms with van der Waals surface area (Å²) < 4.78 is 26.4. The number of benzene rings is 1. The largest absolute Gasteiger partial charge is 0.390 e. The molecule has 0 radical (unpaired) electrons. The average Bonchev–Trinajstić information content (AvgIpc) is 2.51. The molecule has 0 bridgehead atoms. The zero-order valence-electron chi connectivity index (χ0n) is 10.8. The van der Waals surface area contributed by atoms with Gasteiger partial charge in [-0.3, -0.25) is 0 Å². The van der Waals surface area contributed by atoms with Gasteiger partial charge in [-0.15, -0.1) is 0 Å². The van der Waals surface area contributed by atoms with Crippen molar-refractivity contribution in [3.8, 4) is 0 Å². The highest BCUT2D eigenvalue weighted by molar-refractivity contribution is 7.89. The molecule has 1 aliphatic heterocycles. The lowest BCUT2D eigenvalue weighted by atomic mass is 9.98. The van der Waals surface area contributed by atoms with Crippen LogP contribution in [0.3, 0.4) is 0 Å². The van der Waals surface area contributed by atoms with Gasteiger partial charge in [-0.1, -0.05) is 11.6 Å². The Balaban J connectivity index is 2.22. The first-order chi connectivity index (χ1) is 8.81. The summed E-state index contributed by atoms with van der Waals surface area (Å²) in [5.74, 6) is 0. The minimum atomic E-state index is -3.49. The minimum Gasteiger partial charge on any atom is -0.390 e. The predicted octanol–water partition coefficient (Wildman–Crippen LogP) is 2.27. The highest BCUT2D eigenvalue weighted by Crippen LogP contribution is 2.26. The van der Waals surface area contributed by atoms with Gasteiger partial charge in [-0.2, -0.15) is 4.31 Å². The monoisotopic (exact) mass is 303 g/mol. The van der Waals surface area contributed by atoms with E-state index < -0.39 is 15.6 Å². The van der Waals surface area contributed by atoms with Crippen molar-refractivity contribution in [1.82, 2.24) is 4.31 Å². The van der Waals surface area contributed by atoms with Gasteiger partial charge in [0, 0.05) is 18.1 Å². The summed E-state index contributed by atoms with van der Waals surface area (Å²) in [5.41, 5.74) is -0.774. The molecule has 1 heterocycles. The first kappa shape index (κ1) is 14.8. The lowest BCUT2D eigenvalue weighted by Gasteiger charge is -2.22. The molecule has 0 aliphatic carbocycles. The summed E-state index contributed by atoms with van der Waals surface area (Å²) in [6, 6.07) is 6.17. The maximum absolute atomic E-state index is 12.5. The Hall–Kier alpha value is -0.620. The summed E-state index contributed by atoms with van der Waals surface area (Å²) in [6.45, 7) is 2.55. The van der Waals surface area contributed by atoms with Crippen LogP contribution in [0.5, 0.6) is 0 Å². The van der Waals surface area contributed by atoms with E-state index >= 15 is 0 Å². The molecule has 1 saturated heterocycles. The summed E-state index contributed by atoms with van der Waals surface area (Å²) in [6.07, 6.45) is 1.75. The van der Waals surface area contributed by atoms with Crippen LogP contribution in [-0.4, -0.2) is 36.5 Å². The topological polar surface area (TPSA) is 57.6 Å². The molecule has 2 rings (SSSR count). The molecular formula is C13H18ClNO3S. The number of hydrogen-bond acceptors (Lipinski definition) is 3. The first-order valence-electron chi connectivity index (χ1n) is 6.29. The zero-order valence-corrected chi connectivity index (χ0v) is 12.4. The summed E-state index contributed by atoms with van der Waals surface area (Å²) in [7, 11) is -3.49. The molecule has 1 aliphatic rings. The van der Waals surface area contributed by atoms with Gasteiger partial charge in [0.2, 0.25) is 10.0 Å². The van der Waals surface area contributed by atoms with Crippen molar-refractivity contribution in [2.45, 2.75) is 36.7 Å². The Kier molecular flexibility index (Phi) is 4.20. The van der Waals surface area contributed by atoms with Crippen LogP contribution < -0.4 is 0 Å². The van der Waals surface area contributed by atoms with E-state index in [0.29, 0.717) is 37.4 Å². The molecule has 0 saturated carbocycles. The van der Waals surface area contributed by atoms with Crippen molar-refractivity contribution in [1.29, 1.82) is 0 Å². The Labute approximate surface area is 119 Å². The average molecular weight is 304 g/mol. The van der Waals surface area contributed by atoms with Crippen LogP contribution in [0.4, 0.5) is 0 Å². The van der Waals surface area contributed by atoms with Crippen LogP contribution in [-0.2, 0) is 10.0 Å². The molecule has 0 amide bonds. The van der Waals surface area contributed by atoms with Gasteiger partial charge in [0.05, 0.1) is 10.5 Å². The van der Waals surface area contributed by atoms with Crippen LogP contribution in [0.15, 0.2) is 29.2 Å². The van der Waals surface area contributed by atoms with Crippen molar-refractivity contribution < 1.29 is 13.5 Å². The summed E-state index contributed by atoms with van der Waals surface area (Å²) in [5, 5.41) is 10.5. The number of sulfonamides is 1. The maximum Gasteiger partial charge on any atom is 0.243 e. The lowest BCUT2D eigenvalue weighted by Crippen LogP contribution is -2.33. The van der Waals surface area contributed by atoms with Crippen LogP contribution in [0.25, 0.3) is 0 Å². The van der Waals surface area contributed by atoms with E-state index in [1.54, 1.807) is 19.1 Å². The fourth-order valence-corrected chi connectivity index (χ4v) is 3.84. The second kappa shape index (κ2) is 5.40. The summed E-state index contributed by atoms with van der Waals surface area (Å²) >= 11 is 5.77. The molecule has 106 valence electrons. The third-order valence-electron chi connectivity index (χ3n) is 3.47. The van der Waals surface area contributed by atoms with Gasteiger partial charge in [0.15, 0.2) is 0 Å². The maximum atomic E-state index is 12.5. The number of nitrogens with zero attached hydrogens (tertiary/aromatic N) is 1. The zero-order chi connectivity index (χ0) is 14.1. The lowest BCUT2D eigenvalue weighted by molar-refractivity contribution is 0.0465. The fourth-order valence-electron chi connectivity index (χ4n) is 2.23. The Morgan fingerprint density at radius 3 is 2.47 bits per heavy atom. The van der Waals surface area contributed by atoms with Gasteiger partial charge in [0.1, 0.15) is 0 Å². The molecule has 19 heavy (non-hydrogen) atoms. The first-order valence-corrected chi connectivity index (χ1v) is 8.11. The fraction of sp³-hybridized carbons (Fsp3) is 0.538. The van der Waals surface area contributed by atoms with Crippen molar-refractivity contribution >= 4 is 21.6 Å². The van der Waals surface area contributed by atoms with Crippen molar-refractivity contribution in [2.75, 3.05) is 13.1 Å². The van der Waals surface area contributed by atoms with Gasteiger partial charge in [0.25, 0.3) is 0 Å². The number of hydrogen-bond donors (Lipinski definition) is 1. The van der Waals surface area contributed by atoms with Crippen molar-refractivity contribution in [3.05, 3.63) is 29.3 Å². The smallest absolute Gasteiger partial charge is 0.243 e. The van der Waals surface area contributed by atoms with Crippen LogP contribution in [0.2, 0.25) is 5.02 Å². The SMILES string of the molecule is CC1(O)CCCN(S(=O)(=O)c2ccc(Cl)cc2)CC1. The number of rotatable bonds is 2. The standard InChI is InChI=1S/C13H18ClNO3S/c1-13(16)7-2-9-15(10-8-13)19(17,18)12-5-3-11(14)4-6-12/h3-6,16H,2,7-10H2,1H3. The molecule has 1 unspecified atom stereocenters. The van der Waals surface area contributed by atoms with Crippen molar-refractivity contribution in [2.24, 2.45) is 0 Å². The molecular weight excluding hydrogens is 286 g/mol. The third kappa shape index (κ3) is 3.48. The minimum absolute atomic E-state index is 0.249. The normalized spacial score (nSPS) is 26.1. The van der Waals surface area contributed by atoms with E-state index in [0.717, 1.165) is 0 Å². The molecule has 1 aromatic rings. The second-order valence-corrected chi connectivity index (χ2v) is 7.58. The van der Waals surface area contributed by atoms with Crippen LogP contribution >= 0.6 is 11.6 Å². The van der Waals surface area contributed by atoms with Crippen molar-refractivity contribution in [3.63, 3.8) is 0 Å². The molecule has 1 fully saturated rings. The molecule has 0 spiro atoms. The van der Waals surface area contributed by atoms with Gasteiger partial charge in [-0.25, -0.2) is 8.42 Å². The van der Waals surface area contributed by atoms with E-state index in [1.165, 1.54) is 16.4 Å². The Morgan fingerprint density at radius 2 is 1.84 bits per heavy atom.